The van der Waals surface area contributed by atoms with Gasteiger partial charge < -0.3 is 0 Å². The van der Waals surface area contributed by atoms with E-state index in [0.29, 0.717) is 11.1 Å². The first kappa shape index (κ1) is 20.5. The predicted octanol–water partition coefficient (Wildman–Crippen LogP) is 6.92. The Morgan fingerprint density at radius 3 is 1.39 bits per heavy atom. The first-order chi connectivity index (χ1) is 15.2. The third-order valence-electron chi connectivity index (χ3n) is 4.33. The second-order valence-corrected chi connectivity index (χ2v) is 7.70. The number of halogens is 2. The zero-order valence-corrected chi connectivity index (χ0v) is 17.2. The second kappa shape index (κ2) is 9.81. The van der Waals surface area contributed by atoms with Crippen molar-refractivity contribution in [3.05, 3.63) is 131 Å². The lowest BCUT2D eigenvalue weighted by Crippen LogP contribution is -1.85. The zero-order chi connectivity index (χ0) is 21.5. The van der Waals surface area contributed by atoms with Crippen molar-refractivity contribution in [2.24, 2.45) is 0 Å². The van der Waals surface area contributed by atoms with Crippen LogP contribution in [0.25, 0.3) is 0 Å². The highest BCUT2D eigenvalue weighted by atomic mass is 32.2. The fraction of sp³-hybridized carbons (Fsp3) is 0. The van der Waals surface area contributed by atoms with Gasteiger partial charge >= 0.3 is 0 Å². The van der Waals surface area contributed by atoms with Gasteiger partial charge in [0.25, 0.3) is 0 Å². The van der Waals surface area contributed by atoms with E-state index in [1.807, 2.05) is 48.5 Å². The highest BCUT2D eigenvalue weighted by Gasteiger charge is 2.06. The van der Waals surface area contributed by atoms with Crippen LogP contribution in [0.4, 0.5) is 8.78 Å². The highest BCUT2D eigenvalue weighted by molar-refractivity contribution is 7.99. The lowest BCUT2D eigenvalue weighted by Gasteiger charge is -2.06. The smallest absolute Gasteiger partial charge is 0.124 e. The molecule has 0 saturated carbocycles. The average molecular weight is 422 g/mol. The average Bonchev–Trinajstić information content (AvgIpc) is 2.78. The van der Waals surface area contributed by atoms with Crippen LogP contribution >= 0.6 is 11.8 Å². The van der Waals surface area contributed by atoms with Crippen LogP contribution in [0.15, 0.2) is 107 Å². The van der Waals surface area contributed by atoms with E-state index >= 15 is 0 Å². The lowest BCUT2D eigenvalue weighted by molar-refractivity contribution is 0.627. The number of rotatable bonds is 2. The molecule has 0 aliphatic rings. The summed E-state index contributed by atoms with van der Waals surface area (Å²) in [4.78, 5) is 1.96. The summed E-state index contributed by atoms with van der Waals surface area (Å²) in [5.41, 5.74) is 2.96. The summed E-state index contributed by atoms with van der Waals surface area (Å²) in [6.07, 6.45) is 0. The maximum Gasteiger partial charge on any atom is 0.124 e. The number of hydrogen-bond donors (Lipinski definition) is 0. The van der Waals surface area contributed by atoms with Gasteiger partial charge in [-0.05, 0) is 60.7 Å². The molecule has 31 heavy (non-hydrogen) atoms. The molecule has 0 fully saturated rings. The third-order valence-corrected chi connectivity index (χ3v) is 5.48. The van der Waals surface area contributed by atoms with E-state index in [2.05, 4.69) is 23.7 Å². The van der Waals surface area contributed by atoms with Crippen LogP contribution in [0.1, 0.15) is 22.3 Å². The fourth-order valence-electron chi connectivity index (χ4n) is 2.85. The van der Waals surface area contributed by atoms with Crippen LogP contribution in [0.2, 0.25) is 0 Å². The summed E-state index contributed by atoms with van der Waals surface area (Å²) < 4.78 is 26.8. The van der Waals surface area contributed by atoms with Gasteiger partial charge in [0, 0.05) is 32.0 Å². The molecule has 4 aromatic rings. The Kier molecular flexibility index (Phi) is 6.48. The van der Waals surface area contributed by atoms with E-state index in [1.54, 1.807) is 36.0 Å². The van der Waals surface area contributed by atoms with Gasteiger partial charge in [0.05, 0.1) is 0 Å². The van der Waals surface area contributed by atoms with Crippen LogP contribution in [0.5, 0.6) is 0 Å². The molecule has 148 valence electrons. The van der Waals surface area contributed by atoms with Crippen LogP contribution in [0, 0.1) is 35.3 Å². The van der Waals surface area contributed by atoms with Crippen molar-refractivity contribution in [1.29, 1.82) is 0 Å². The molecule has 0 spiro atoms. The Hall–Kier alpha value is -3.79. The lowest BCUT2D eigenvalue weighted by atomic mass is 10.2. The Balaban J connectivity index is 1.63. The molecule has 4 rings (SSSR count). The molecule has 0 bridgehead atoms. The topological polar surface area (TPSA) is 0 Å². The third kappa shape index (κ3) is 5.64. The predicted molar refractivity (Wildman–Crippen MR) is 122 cm³/mol. The first-order valence-electron chi connectivity index (χ1n) is 9.58. The van der Waals surface area contributed by atoms with E-state index in [4.69, 9.17) is 0 Å². The maximum atomic E-state index is 13.4. The van der Waals surface area contributed by atoms with Gasteiger partial charge in [-0.3, -0.25) is 0 Å². The molecule has 0 amide bonds. The van der Waals surface area contributed by atoms with Crippen LogP contribution in [0.3, 0.4) is 0 Å². The fourth-order valence-corrected chi connectivity index (χ4v) is 3.84. The van der Waals surface area contributed by atoms with E-state index in [0.717, 1.165) is 20.9 Å². The quantitative estimate of drug-likeness (QED) is 0.316. The molecule has 0 atom stereocenters. The van der Waals surface area contributed by atoms with Crippen molar-refractivity contribution >= 4 is 11.8 Å². The molecule has 0 aliphatic heterocycles. The first-order valence-corrected chi connectivity index (χ1v) is 10.4. The van der Waals surface area contributed by atoms with E-state index in [-0.39, 0.29) is 11.6 Å². The molecular weight excluding hydrogens is 406 g/mol. The minimum Gasteiger partial charge on any atom is -0.207 e. The molecule has 0 aliphatic carbocycles. The van der Waals surface area contributed by atoms with Gasteiger partial charge in [-0.15, -0.1) is 0 Å². The van der Waals surface area contributed by atoms with E-state index in [9.17, 15) is 8.78 Å². The summed E-state index contributed by atoms with van der Waals surface area (Å²) in [5, 5.41) is 0. The molecule has 0 N–H and O–H groups in total. The summed E-state index contributed by atoms with van der Waals surface area (Å²) >= 11 is 1.56. The molecular formula is C28H16F2S. The Morgan fingerprint density at radius 2 is 0.935 bits per heavy atom. The van der Waals surface area contributed by atoms with Gasteiger partial charge in [0.2, 0.25) is 0 Å². The molecule has 0 unspecified atom stereocenters. The molecule has 0 radical (unpaired) electrons. The Bertz CT molecular complexity index is 1250. The molecule has 0 heterocycles. The minimum atomic E-state index is -0.305. The van der Waals surface area contributed by atoms with Gasteiger partial charge in [-0.2, -0.15) is 0 Å². The number of hydrogen-bond acceptors (Lipinski definition) is 1. The van der Waals surface area contributed by atoms with Crippen molar-refractivity contribution in [2.45, 2.75) is 9.79 Å². The van der Waals surface area contributed by atoms with Gasteiger partial charge in [-0.1, -0.05) is 71.8 Å². The van der Waals surface area contributed by atoms with Crippen molar-refractivity contribution in [3.63, 3.8) is 0 Å². The second-order valence-electron chi connectivity index (χ2n) is 6.62. The molecule has 0 saturated heterocycles. The minimum absolute atomic E-state index is 0.305. The largest absolute Gasteiger partial charge is 0.207 e. The van der Waals surface area contributed by atoms with Crippen molar-refractivity contribution in [3.8, 4) is 23.7 Å². The Morgan fingerprint density at radius 1 is 0.484 bits per heavy atom. The zero-order valence-electron chi connectivity index (χ0n) is 16.4. The Labute approximate surface area is 185 Å². The van der Waals surface area contributed by atoms with Crippen molar-refractivity contribution < 1.29 is 8.78 Å². The normalized spacial score (nSPS) is 9.87. The standard InChI is InChI=1S/C28H16F2S/c29-25-11-5-7-21(19-25)15-17-23-9-1-3-13-27(23)31-28-14-4-2-10-24(28)18-16-22-8-6-12-26(30)20-22/h1-14,19-20H. The SMILES string of the molecule is Fc1cccc(C#Cc2ccccc2Sc2ccccc2C#Cc2cccc(F)c2)c1. The van der Waals surface area contributed by atoms with Gasteiger partial charge in [0.15, 0.2) is 0 Å². The summed E-state index contributed by atoms with van der Waals surface area (Å²) in [6, 6.07) is 28.1. The van der Waals surface area contributed by atoms with Crippen LogP contribution in [-0.4, -0.2) is 0 Å². The van der Waals surface area contributed by atoms with Crippen LogP contribution < -0.4 is 0 Å². The molecule has 3 heteroatoms. The number of benzene rings is 4. The molecule has 0 aromatic heterocycles. The maximum absolute atomic E-state index is 13.4. The van der Waals surface area contributed by atoms with E-state index in [1.165, 1.54) is 24.3 Å². The summed E-state index contributed by atoms with van der Waals surface area (Å²) in [5.74, 6) is 11.7. The van der Waals surface area contributed by atoms with Crippen molar-refractivity contribution in [2.75, 3.05) is 0 Å². The summed E-state index contributed by atoms with van der Waals surface area (Å²) in [7, 11) is 0. The van der Waals surface area contributed by atoms with Gasteiger partial charge in [0.1, 0.15) is 11.6 Å². The highest BCUT2D eigenvalue weighted by Crippen LogP contribution is 2.32. The van der Waals surface area contributed by atoms with E-state index < -0.39 is 0 Å². The monoisotopic (exact) mass is 422 g/mol. The van der Waals surface area contributed by atoms with Crippen molar-refractivity contribution in [1.82, 2.24) is 0 Å². The molecule has 0 nitrogen and oxygen atoms in total. The van der Waals surface area contributed by atoms with Crippen LogP contribution in [-0.2, 0) is 0 Å². The van der Waals surface area contributed by atoms with Gasteiger partial charge in [-0.25, -0.2) is 8.78 Å². The molecule has 4 aromatic carbocycles. The summed E-state index contributed by atoms with van der Waals surface area (Å²) in [6.45, 7) is 0.